The van der Waals surface area contributed by atoms with Crippen molar-refractivity contribution in [3.05, 3.63) is 95.0 Å². The molecule has 0 aromatic heterocycles. The molecule has 0 spiro atoms. The number of benzene rings is 3. The van der Waals surface area contributed by atoms with Crippen LogP contribution in [0.2, 0.25) is 5.02 Å². The summed E-state index contributed by atoms with van der Waals surface area (Å²) in [4.78, 5) is 12.4. The molecule has 1 N–H and O–H groups in total. The highest BCUT2D eigenvalue weighted by Crippen LogP contribution is 2.29. The van der Waals surface area contributed by atoms with Crippen LogP contribution in [0.4, 0.5) is 0 Å². The van der Waals surface area contributed by atoms with Gasteiger partial charge in [0, 0.05) is 5.56 Å². The van der Waals surface area contributed by atoms with Crippen LogP contribution in [0.1, 0.15) is 21.5 Å². The minimum Gasteiger partial charge on any atom is -0.493 e. The molecule has 0 aliphatic heterocycles. The molecule has 35 heavy (non-hydrogen) atoms. The van der Waals surface area contributed by atoms with Crippen LogP contribution in [-0.2, 0) is 10.1 Å². The van der Waals surface area contributed by atoms with Gasteiger partial charge in [-0.15, -0.1) is 0 Å². The summed E-state index contributed by atoms with van der Waals surface area (Å²) in [6.07, 6.45) is 2.96. The number of hydrogen-bond acceptors (Lipinski definition) is 7. The van der Waals surface area contributed by atoms with Crippen molar-refractivity contribution in [2.24, 2.45) is 5.10 Å². The van der Waals surface area contributed by atoms with Gasteiger partial charge in [-0.2, -0.15) is 13.5 Å². The quantitative estimate of drug-likeness (QED) is 0.181. The van der Waals surface area contributed by atoms with Gasteiger partial charge in [0.2, 0.25) is 0 Å². The average Bonchev–Trinajstić information content (AvgIpc) is 2.84. The van der Waals surface area contributed by atoms with Gasteiger partial charge in [-0.05, 0) is 61.0 Å². The number of rotatable bonds is 10. The van der Waals surface area contributed by atoms with Gasteiger partial charge in [0.05, 0.1) is 18.3 Å². The summed E-state index contributed by atoms with van der Waals surface area (Å²) in [7, 11) is -2.57. The number of carbonyl (C=O) groups excluding carboxylic acids is 1. The lowest BCUT2D eigenvalue weighted by atomic mass is 10.2. The molecule has 0 fully saturated rings. The van der Waals surface area contributed by atoms with Crippen LogP contribution in [0.25, 0.3) is 0 Å². The number of nitrogens with one attached hydrogen (secondary N) is 1. The smallest absolute Gasteiger partial charge is 0.339 e. The maximum absolute atomic E-state index is 12.5. The first-order valence-electron chi connectivity index (χ1n) is 10.3. The van der Waals surface area contributed by atoms with Crippen LogP contribution in [-0.4, -0.2) is 34.3 Å². The van der Waals surface area contributed by atoms with Gasteiger partial charge in [-0.3, -0.25) is 4.79 Å². The fraction of sp³-hybridized carbons (Fsp3) is 0.120. The molecule has 0 bridgehead atoms. The molecule has 8 nitrogen and oxygen atoms in total. The van der Waals surface area contributed by atoms with Gasteiger partial charge in [-0.1, -0.05) is 42.0 Å². The number of hydrogen-bond donors (Lipinski definition) is 1. The Morgan fingerprint density at radius 1 is 1.06 bits per heavy atom. The normalized spacial score (nSPS) is 11.2. The number of amides is 1. The van der Waals surface area contributed by atoms with E-state index < -0.39 is 16.0 Å². The second-order valence-electron chi connectivity index (χ2n) is 7.20. The second-order valence-corrected chi connectivity index (χ2v) is 9.16. The monoisotopic (exact) mass is 514 g/mol. The molecule has 182 valence electrons. The number of carbonyl (C=O) groups is 1. The van der Waals surface area contributed by atoms with Crippen molar-refractivity contribution < 1.29 is 26.9 Å². The summed E-state index contributed by atoms with van der Waals surface area (Å²) in [5.41, 5.74) is 4.16. The van der Waals surface area contributed by atoms with E-state index >= 15 is 0 Å². The van der Waals surface area contributed by atoms with E-state index in [1.165, 1.54) is 43.7 Å². The molecular formula is C25H23ClN2O6S. The topological polar surface area (TPSA) is 103 Å². The number of methoxy groups -OCH3 is 1. The van der Waals surface area contributed by atoms with Crippen molar-refractivity contribution >= 4 is 33.8 Å². The first kappa shape index (κ1) is 25.8. The molecule has 0 saturated heterocycles. The molecule has 0 atom stereocenters. The Hall–Kier alpha value is -3.82. The molecule has 3 aromatic carbocycles. The van der Waals surface area contributed by atoms with Gasteiger partial charge >= 0.3 is 10.1 Å². The van der Waals surface area contributed by atoms with Gasteiger partial charge < -0.3 is 13.7 Å². The van der Waals surface area contributed by atoms with Crippen LogP contribution < -0.4 is 19.1 Å². The zero-order valence-corrected chi connectivity index (χ0v) is 20.6. The average molecular weight is 515 g/mol. The molecule has 0 saturated carbocycles. The fourth-order valence-electron chi connectivity index (χ4n) is 2.84. The predicted molar refractivity (Wildman–Crippen MR) is 134 cm³/mol. The Morgan fingerprint density at radius 3 is 2.43 bits per heavy atom. The van der Waals surface area contributed by atoms with Crippen LogP contribution >= 0.6 is 11.6 Å². The molecule has 0 unspecified atom stereocenters. The highest BCUT2D eigenvalue weighted by molar-refractivity contribution is 7.87. The second kappa shape index (κ2) is 11.5. The first-order chi connectivity index (χ1) is 16.7. The Labute approximate surface area is 208 Å². The zero-order chi connectivity index (χ0) is 25.4. The number of aryl methyl sites for hydroxylation is 1. The SMILES string of the molecule is C=CCOc1ccc(C(=O)N/N=C/c2ccc(OS(=O)(=O)c3ccc(C)cc3)c(Cl)c2)cc1OC. The highest BCUT2D eigenvalue weighted by Gasteiger charge is 2.18. The Morgan fingerprint density at radius 2 is 1.77 bits per heavy atom. The lowest BCUT2D eigenvalue weighted by Crippen LogP contribution is -2.17. The minimum absolute atomic E-state index is 0.0180. The summed E-state index contributed by atoms with van der Waals surface area (Å²) >= 11 is 6.20. The van der Waals surface area contributed by atoms with E-state index in [1.807, 2.05) is 6.92 Å². The van der Waals surface area contributed by atoms with Crippen LogP contribution in [0.5, 0.6) is 17.2 Å². The standard InChI is InChI=1S/C25H23ClN2O6S/c1-4-13-33-23-12-8-19(15-24(23)32-3)25(29)28-27-16-18-7-11-22(21(26)14-18)34-35(30,31)20-9-5-17(2)6-10-20/h4-12,14-16H,1,13H2,2-3H3,(H,28,29)/b27-16+. The van der Waals surface area contributed by atoms with Crippen molar-refractivity contribution in [2.45, 2.75) is 11.8 Å². The summed E-state index contributed by atoms with van der Waals surface area (Å²) in [5.74, 6) is 0.379. The molecule has 1 amide bonds. The predicted octanol–water partition coefficient (Wildman–Crippen LogP) is 4.75. The molecular weight excluding hydrogens is 492 g/mol. The number of hydrazone groups is 1. The third-order valence-corrected chi connectivity index (χ3v) is 6.17. The van der Waals surface area contributed by atoms with Crippen molar-refractivity contribution in [1.82, 2.24) is 5.43 Å². The third-order valence-electron chi connectivity index (χ3n) is 4.63. The molecule has 0 aliphatic carbocycles. The molecule has 3 aromatic rings. The number of nitrogens with zero attached hydrogens (tertiary/aromatic N) is 1. The maximum Gasteiger partial charge on any atom is 0.339 e. The van der Waals surface area contributed by atoms with Gasteiger partial charge in [0.25, 0.3) is 5.91 Å². The van der Waals surface area contributed by atoms with Gasteiger partial charge in [0.1, 0.15) is 11.5 Å². The molecule has 0 aliphatic rings. The Kier molecular flexibility index (Phi) is 8.51. The first-order valence-corrected chi connectivity index (χ1v) is 12.1. The van der Waals surface area contributed by atoms with E-state index in [0.717, 1.165) is 5.56 Å². The molecule has 10 heteroatoms. The van der Waals surface area contributed by atoms with E-state index in [0.29, 0.717) is 29.2 Å². The molecule has 0 heterocycles. The summed E-state index contributed by atoms with van der Waals surface area (Å²) in [5, 5.41) is 3.98. The largest absolute Gasteiger partial charge is 0.493 e. The van der Waals surface area contributed by atoms with Crippen LogP contribution in [0.15, 0.2) is 83.3 Å². The van der Waals surface area contributed by atoms with Crippen LogP contribution in [0, 0.1) is 6.92 Å². The van der Waals surface area contributed by atoms with E-state index in [9.17, 15) is 13.2 Å². The van der Waals surface area contributed by atoms with E-state index in [4.69, 9.17) is 25.3 Å². The van der Waals surface area contributed by atoms with Crippen LogP contribution in [0.3, 0.4) is 0 Å². The molecule has 0 radical (unpaired) electrons. The minimum atomic E-state index is -4.04. The zero-order valence-electron chi connectivity index (χ0n) is 19.0. The van der Waals surface area contributed by atoms with Crippen molar-refractivity contribution in [3.8, 4) is 17.2 Å². The lowest BCUT2D eigenvalue weighted by molar-refractivity contribution is 0.0954. The third kappa shape index (κ3) is 6.84. The maximum atomic E-state index is 12.5. The summed E-state index contributed by atoms with van der Waals surface area (Å²) in [6.45, 7) is 5.74. The van der Waals surface area contributed by atoms with Crippen molar-refractivity contribution in [1.29, 1.82) is 0 Å². The van der Waals surface area contributed by atoms with Gasteiger partial charge in [-0.25, -0.2) is 5.43 Å². The number of ether oxygens (including phenoxy) is 2. The lowest BCUT2D eigenvalue weighted by Gasteiger charge is -2.10. The Balaban J connectivity index is 1.66. The highest BCUT2D eigenvalue weighted by atomic mass is 35.5. The Bertz CT molecular complexity index is 1350. The van der Waals surface area contributed by atoms with E-state index in [2.05, 4.69) is 17.1 Å². The van der Waals surface area contributed by atoms with Crippen molar-refractivity contribution in [2.75, 3.05) is 13.7 Å². The van der Waals surface area contributed by atoms with Crippen molar-refractivity contribution in [3.63, 3.8) is 0 Å². The summed E-state index contributed by atoms with van der Waals surface area (Å²) < 4.78 is 40.8. The molecule has 3 rings (SSSR count). The van der Waals surface area contributed by atoms with Gasteiger partial charge in [0.15, 0.2) is 17.2 Å². The van der Waals surface area contributed by atoms with E-state index in [-0.39, 0.29) is 15.7 Å². The fourth-order valence-corrected chi connectivity index (χ4v) is 4.06. The summed E-state index contributed by atoms with van der Waals surface area (Å²) in [6, 6.07) is 15.4. The number of halogens is 1. The van der Waals surface area contributed by atoms with E-state index in [1.54, 1.807) is 36.4 Å².